The van der Waals surface area contributed by atoms with Gasteiger partial charge < -0.3 is 9.21 Å². The Morgan fingerprint density at radius 2 is 1.75 bits per heavy atom. The van der Waals surface area contributed by atoms with Gasteiger partial charge in [0, 0.05) is 30.6 Å². The average Bonchev–Trinajstić information content (AvgIpc) is 3.31. The summed E-state index contributed by atoms with van der Waals surface area (Å²) in [4.78, 5) is 31.2. The number of hydrogen-bond donors (Lipinski definition) is 0. The van der Waals surface area contributed by atoms with Crippen molar-refractivity contribution in [3.63, 3.8) is 0 Å². The zero-order chi connectivity index (χ0) is 28.9. The predicted molar refractivity (Wildman–Crippen MR) is 153 cm³/mol. The van der Waals surface area contributed by atoms with E-state index in [0.717, 1.165) is 51.4 Å². The highest BCUT2D eigenvalue weighted by Gasteiger charge is 2.68. The van der Waals surface area contributed by atoms with Gasteiger partial charge in [0.2, 0.25) is 17.5 Å². The first-order chi connectivity index (χ1) is 18.7. The number of Topliss-reactive ketones (excluding diaryl/α,β-unsaturated/α-hetero) is 1. The Morgan fingerprint density at radius 1 is 1.02 bits per heavy atom. The average molecular weight is 544 g/mol. The minimum Gasteiger partial charge on any atom is -0.426 e. The van der Waals surface area contributed by atoms with E-state index in [9.17, 15) is 9.59 Å². The van der Waals surface area contributed by atoms with Gasteiger partial charge in [0.05, 0.1) is 6.57 Å². The summed E-state index contributed by atoms with van der Waals surface area (Å²) in [6.45, 7) is 23.3. The Hall–Kier alpha value is -2.55. The molecule has 0 radical (unpaired) electrons. The Labute approximate surface area is 239 Å². The van der Waals surface area contributed by atoms with E-state index >= 15 is 0 Å². The molecule has 0 aliphatic heterocycles. The summed E-state index contributed by atoms with van der Waals surface area (Å²) in [6, 6.07) is 0. The predicted octanol–water partition coefficient (Wildman–Crippen LogP) is 7.49. The van der Waals surface area contributed by atoms with E-state index in [-0.39, 0.29) is 56.7 Å². The SMILES string of the molecule is [C-]#[N+]C1=C[C@]2(C)C3=CC(=O)[C@@H]4[C@@H]5CC(C)(C)CC[C@]5(CCc5nnc(C)o5)CC[C@@]4(C)[C@]3(C)CC[C@H]2[C@H](C)C1=O. The molecule has 0 bridgehead atoms. The maximum Gasteiger partial charge on any atom is 0.226 e. The third-order valence-corrected chi connectivity index (χ3v) is 13.1. The number of allylic oxidation sites excluding steroid dienone is 4. The van der Waals surface area contributed by atoms with Gasteiger partial charge in [-0.15, -0.1) is 10.2 Å². The fourth-order valence-corrected chi connectivity index (χ4v) is 10.6. The summed E-state index contributed by atoms with van der Waals surface area (Å²) >= 11 is 0. The lowest BCUT2D eigenvalue weighted by Gasteiger charge is -2.69. The van der Waals surface area contributed by atoms with Crippen molar-refractivity contribution in [1.82, 2.24) is 10.2 Å². The highest BCUT2D eigenvalue weighted by molar-refractivity contribution is 6.01. The quantitative estimate of drug-likeness (QED) is 0.369. The van der Waals surface area contributed by atoms with Gasteiger partial charge >= 0.3 is 0 Å². The van der Waals surface area contributed by atoms with Crippen LogP contribution in [0.3, 0.4) is 0 Å². The largest absolute Gasteiger partial charge is 0.426 e. The zero-order valence-corrected chi connectivity index (χ0v) is 25.4. The van der Waals surface area contributed by atoms with Crippen molar-refractivity contribution in [2.45, 2.75) is 106 Å². The summed E-state index contributed by atoms with van der Waals surface area (Å²) in [5.74, 6) is 1.79. The summed E-state index contributed by atoms with van der Waals surface area (Å²) in [7, 11) is 0. The second-order valence-corrected chi connectivity index (χ2v) is 15.5. The number of rotatable bonds is 3. The number of ketones is 2. The standard InChI is InChI=1S/C34H45N3O3/c1-20-22-9-11-32(6)26(31(22,5)19-24(35-8)29(20)39)17-25(38)28-23-18-30(3,4)13-15-34(23,16-14-33(28,32)7)12-10-27-37-36-21(2)40-27/h17,19-20,22-23,28H,9-16,18H2,1-7H3/t20-,22-,23-,28-,31-,32+,33+,34+/m0/s1. The zero-order valence-electron chi connectivity index (χ0n) is 25.4. The van der Waals surface area contributed by atoms with E-state index in [0.29, 0.717) is 17.7 Å². The molecule has 40 heavy (non-hydrogen) atoms. The molecule has 6 rings (SSSR count). The molecule has 214 valence electrons. The van der Waals surface area contributed by atoms with Crippen molar-refractivity contribution < 1.29 is 14.0 Å². The van der Waals surface area contributed by atoms with Crippen LogP contribution < -0.4 is 0 Å². The Kier molecular flexibility index (Phi) is 6.02. The number of hydrogen-bond acceptors (Lipinski definition) is 5. The van der Waals surface area contributed by atoms with Gasteiger partial charge in [-0.2, -0.15) is 0 Å². The number of fused-ring (bicyclic) bond motifs is 7. The van der Waals surface area contributed by atoms with Gasteiger partial charge in [-0.25, -0.2) is 4.85 Å². The number of nitrogens with zero attached hydrogens (tertiary/aromatic N) is 3. The third kappa shape index (κ3) is 3.64. The van der Waals surface area contributed by atoms with Crippen molar-refractivity contribution in [2.75, 3.05) is 0 Å². The molecule has 0 spiro atoms. The van der Waals surface area contributed by atoms with Gasteiger partial charge in [-0.1, -0.05) is 53.2 Å². The maximum absolute atomic E-state index is 14.6. The van der Waals surface area contributed by atoms with Gasteiger partial charge in [-0.05, 0) is 90.9 Å². The van der Waals surface area contributed by atoms with Crippen LogP contribution in [0.1, 0.15) is 105 Å². The smallest absolute Gasteiger partial charge is 0.226 e. The topological polar surface area (TPSA) is 77.4 Å². The molecule has 0 saturated heterocycles. The molecule has 0 amide bonds. The van der Waals surface area contributed by atoms with Gasteiger partial charge in [0.25, 0.3) is 0 Å². The molecular formula is C34H45N3O3. The van der Waals surface area contributed by atoms with E-state index < -0.39 is 5.41 Å². The van der Waals surface area contributed by atoms with Crippen molar-refractivity contribution in [2.24, 2.45) is 50.7 Å². The number of carbonyl (C=O) groups excluding carboxylic acids is 2. The molecule has 6 nitrogen and oxygen atoms in total. The fourth-order valence-electron chi connectivity index (χ4n) is 10.6. The van der Waals surface area contributed by atoms with Crippen LogP contribution in [-0.4, -0.2) is 21.8 Å². The van der Waals surface area contributed by atoms with Crippen LogP contribution in [0.2, 0.25) is 0 Å². The molecule has 8 atom stereocenters. The molecule has 3 fully saturated rings. The van der Waals surface area contributed by atoms with Crippen molar-refractivity contribution in [3.05, 3.63) is 46.6 Å². The summed E-state index contributed by atoms with van der Waals surface area (Å²) in [5.41, 5.74) is 0.978. The highest BCUT2D eigenvalue weighted by Crippen LogP contribution is 2.74. The van der Waals surface area contributed by atoms with Crippen LogP contribution in [0.25, 0.3) is 4.85 Å². The molecule has 1 heterocycles. The van der Waals surface area contributed by atoms with Crippen LogP contribution in [0.15, 0.2) is 27.8 Å². The van der Waals surface area contributed by atoms with E-state index in [1.165, 1.54) is 12.0 Å². The van der Waals surface area contributed by atoms with Gasteiger partial charge in [-0.3, -0.25) is 4.79 Å². The molecule has 5 aliphatic carbocycles. The Balaban J connectivity index is 1.44. The molecule has 0 N–H and O–H groups in total. The van der Waals surface area contributed by atoms with Crippen molar-refractivity contribution in [1.29, 1.82) is 0 Å². The Morgan fingerprint density at radius 3 is 2.42 bits per heavy atom. The third-order valence-electron chi connectivity index (χ3n) is 13.1. The van der Waals surface area contributed by atoms with Crippen LogP contribution >= 0.6 is 0 Å². The van der Waals surface area contributed by atoms with Crippen LogP contribution in [-0.2, 0) is 16.0 Å². The summed E-state index contributed by atoms with van der Waals surface area (Å²) in [6.07, 6.45) is 13.2. The minimum absolute atomic E-state index is 0.0221. The van der Waals surface area contributed by atoms with Gasteiger partial charge in [0.15, 0.2) is 11.6 Å². The molecule has 0 unspecified atom stereocenters. The molecule has 3 saturated carbocycles. The van der Waals surface area contributed by atoms with Crippen LogP contribution in [0.5, 0.6) is 0 Å². The lowest BCUT2D eigenvalue weighted by molar-refractivity contribution is -0.171. The second-order valence-electron chi connectivity index (χ2n) is 15.5. The number of aromatic nitrogens is 2. The van der Waals surface area contributed by atoms with E-state index in [2.05, 4.69) is 49.7 Å². The fraction of sp³-hybridized carbons (Fsp3) is 0.735. The molecule has 6 heteroatoms. The first-order valence-corrected chi connectivity index (χ1v) is 15.4. The van der Waals surface area contributed by atoms with E-state index in [1.54, 1.807) is 0 Å². The monoisotopic (exact) mass is 543 g/mol. The van der Waals surface area contributed by atoms with Crippen molar-refractivity contribution in [3.8, 4) is 0 Å². The molecule has 0 aromatic carbocycles. The molecule has 5 aliphatic rings. The Bertz CT molecular complexity index is 1380. The van der Waals surface area contributed by atoms with Crippen LogP contribution in [0, 0.1) is 64.2 Å². The lowest BCUT2D eigenvalue weighted by atomic mass is 9.34. The van der Waals surface area contributed by atoms with E-state index in [1.807, 2.05) is 26.0 Å². The number of aryl methyl sites for hydroxylation is 2. The first-order valence-electron chi connectivity index (χ1n) is 15.4. The minimum atomic E-state index is -0.444. The van der Waals surface area contributed by atoms with E-state index in [4.69, 9.17) is 11.0 Å². The lowest BCUT2D eigenvalue weighted by Crippen LogP contribution is -2.64. The van der Waals surface area contributed by atoms with Crippen molar-refractivity contribution >= 4 is 11.6 Å². The molecule has 1 aromatic rings. The maximum atomic E-state index is 14.6. The molecule has 1 aromatic heterocycles. The molecular weight excluding hydrogens is 498 g/mol. The van der Waals surface area contributed by atoms with Crippen LogP contribution in [0.4, 0.5) is 0 Å². The van der Waals surface area contributed by atoms with Gasteiger partial charge in [0.1, 0.15) is 0 Å². The first kappa shape index (κ1) is 27.6. The summed E-state index contributed by atoms with van der Waals surface area (Å²) < 4.78 is 5.77. The highest BCUT2D eigenvalue weighted by atomic mass is 16.4. The number of carbonyl (C=O) groups is 2. The summed E-state index contributed by atoms with van der Waals surface area (Å²) in [5, 5.41) is 8.35. The second kappa shape index (κ2) is 8.73. The normalized spacial score (nSPS) is 43.9.